The van der Waals surface area contributed by atoms with E-state index < -0.39 is 40.2 Å². The van der Waals surface area contributed by atoms with Crippen LogP contribution >= 0.6 is 0 Å². The average molecular weight is 544 g/mol. The number of amides is 2. The van der Waals surface area contributed by atoms with E-state index >= 15 is 0 Å². The van der Waals surface area contributed by atoms with Crippen LogP contribution in [0.15, 0.2) is 77.7 Å². The molecule has 2 amide bonds. The lowest BCUT2D eigenvalue weighted by atomic mass is 10.1. The highest BCUT2D eigenvalue weighted by Crippen LogP contribution is 2.32. The molecule has 0 saturated carbocycles. The van der Waals surface area contributed by atoms with Crippen LogP contribution in [0.5, 0.6) is 11.5 Å². The maximum absolute atomic E-state index is 13.8. The number of anilines is 1. The highest BCUT2D eigenvalue weighted by Gasteiger charge is 2.32. The molecular formula is C27H30FN3O6S. The van der Waals surface area contributed by atoms with E-state index in [1.807, 2.05) is 6.07 Å². The lowest BCUT2D eigenvalue weighted by Crippen LogP contribution is -2.50. The Labute approximate surface area is 221 Å². The summed E-state index contributed by atoms with van der Waals surface area (Å²) in [6.07, 6.45) is 0. The number of hydrogen-bond donors (Lipinski definition) is 1. The van der Waals surface area contributed by atoms with E-state index in [2.05, 4.69) is 5.32 Å². The zero-order valence-electron chi connectivity index (χ0n) is 21.5. The number of benzene rings is 3. The largest absolute Gasteiger partial charge is 0.493 e. The van der Waals surface area contributed by atoms with Crippen LogP contribution in [0.4, 0.5) is 10.1 Å². The number of rotatable bonds is 11. The summed E-state index contributed by atoms with van der Waals surface area (Å²) in [5.41, 5.74) is 0.828. The van der Waals surface area contributed by atoms with Crippen molar-refractivity contribution in [2.45, 2.75) is 24.4 Å². The number of ether oxygens (including phenoxy) is 2. The van der Waals surface area contributed by atoms with Crippen molar-refractivity contribution in [2.24, 2.45) is 0 Å². The molecule has 3 aromatic carbocycles. The third kappa shape index (κ3) is 6.41. The fraction of sp³-hybridized carbons (Fsp3) is 0.259. The second kappa shape index (κ2) is 12.4. The first kappa shape index (κ1) is 28.5. The van der Waals surface area contributed by atoms with Crippen LogP contribution < -0.4 is 19.1 Å². The number of carbonyl (C=O) groups excluding carboxylic acids is 2. The van der Waals surface area contributed by atoms with Crippen molar-refractivity contribution < 1.29 is 31.9 Å². The Morgan fingerprint density at radius 3 is 2.16 bits per heavy atom. The van der Waals surface area contributed by atoms with Crippen LogP contribution in [0, 0.1) is 5.82 Å². The quantitative estimate of drug-likeness (QED) is 0.398. The average Bonchev–Trinajstić information content (AvgIpc) is 2.94. The van der Waals surface area contributed by atoms with E-state index in [0.717, 1.165) is 22.0 Å². The van der Waals surface area contributed by atoms with Crippen molar-refractivity contribution >= 4 is 27.5 Å². The number of nitrogens with one attached hydrogen (secondary N) is 1. The van der Waals surface area contributed by atoms with Crippen LogP contribution in [-0.4, -0.2) is 59.0 Å². The summed E-state index contributed by atoms with van der Waals surface area (Å²) in [4.78, 5) is 27.3. The van der Waals surface area contributed by atoms with Gasteiger partial charge >= 0.3 is 0 Å². The number of methoxy groups -OCH3 is 2. The zero-order valence-corrected chi connectivity index (χ0v) is 22.4. The van der Waals surface area contributed by atoms with Gasteiger partial charge in [-0.05, 0) is 48.9 Å². The minimum atomic E-state index is -4.35. The maximum atomic E-state index is 13.8. The zero-order chi connectivity index (χ0) is 27.9. The predicted molar refractivity (Wildman–Crippen MR) is 141 cm³/mol. The van der Waals surface area contributed by atoms with E-state index in [1.165, 1.54) is 56.5 Å². The summed E-state index contributed by atoms with van der Waals surface area (Å²) in [5, 5.41) is 2.52. The van der Waals surface area contributed by atoms with Gasteiger partial charge in [-0.1, -0.05) is 30.3 Å². The maximum Gasteiger partial charge on any atom is 0.264 e. The number of carbonyl (C=O) groups is 2. The molecule has 0 radical (unpaired) electrons. The molecule has 1 unspecified atom stereocenters. The van der Waals surface area contributed by atoms with Gasteiger partial charge < -0.3 is 19.7 Å². The molecule has 202 valence electrons. The molecule has 0 heterocycles. The van der Waals surface area contributed by atoms with Gasteiger partial charge in [0, 0.05) is 19.7 Å². The van der Waals surface area contributed by atoms with Gasteiger partial charge in [0.05, 0.1) is 24.8 Å². The van der Waals surface area contributed by atoms with Gasteiger partial charge in [-0.3, -0.25) is 13.9 Å². The summed E-state index contributed by atoms with van der Waals surface area (Å²) in [7, 11) is -0.102. The van der Waals surface area contributed by atoms with Crippen LogP contribution in [0.3, 0.4) is 0 Å². The van der Waals surface area contributed by atoms with Gasteiger partial charge in [0.25, 0.3) is 10.0 Å². The highest BCUT2D eigenvalue weighted by molar-refractivity contribution is 7.92. The number of hydrogen-bond acceptors (Lipinski definition) is 6. The first-order valence-electron chi connectivity index (χ1n) is 11.7. The summed E-state index contributed by atoms with van der Waals surface area (Å²) < 4.78 is 52.7. The molecule has 3 rings (SSSR count). The monoisotopic (exact) mass is 543 g/mol. The van der Waals surface area contributed by atoms with E-state index in [0.29, 0.717) is 5.75 Å². The fourth-order valence-corrected chi connectivity index (χ4v) is 5.24. The predicted octanol–water partition coefficient (Wildman–Crippen LogP) is 3.20. The molecule has 0 aromatic heterocycles. The van der Waals surface area contributed by atoms with Crippen molar-refractivity contribution in [1.82, 2.24) is 10.2 Å². The normalized spacial score (nSPS) is 11.8. The number of likely N-dealkylation sites (N-methyl/N-ethyl adjacent to an activating group) is 1. The molecule has 38 heavy (non-hydrogen) atoms. The van der Waals surface area contributed by atoms with Gasteiger partial charge in [0.15, 0.2) is 11.5 Å². The molecule has 9 nitrogen and oxygen atoms in total. The Morgan fingerprint density at radius 2 is 1.58 bits per heavy atom. The van der Waals surface area contributed by atoms with Crippen LogP contribution in [0.25, 0.3) is 0 Å². The van der Waals surface area contributed by atoms with Gasteiger partial charge in [0.2, 0.25) is 11.8 Å². The van der Waals surface area contributed by atoms with Crippen molar-refractivity contribution in [1.29, 1.82) is 0 Å². The third-order valence-corrected chi connectivity index (χ3v) is 7.72. The molecule has 11 heteroatoms. The van der Waals surface area contributed by atoms with Gasteiger partial charge in [-0.15, -0.1) is 0 Å². The van der Waals surface area contributed by atoms with Gasteiger partial charge in [-0.25, -0.2) is 12.8 Å². The fourth-order valence-electron chi connectivity index (χ4n) is 3.81. The highest BCUT2D eigenvalue weighted by atomic mass is 32.2. The Kier molecular flexibility index (Phi) is 9.30. The van der Waals surface area contributed by atoms with Crippen molar-refractivity contribution in [2.75, 3.05) is 32.1 Å². The SMILES string of the molecule is CNC(=O)C(C)N(Cc1ccccc1)C(=O)CN(c1ccc(F)cc1)S(=O)(=O)c1ccc(OC)c(OC)c1. The molecule has 0 aliphatic heterocycles. The Bertz CT molecular complexity index is 1370. The van der Waals surface area contributed by atoms with Crippen molar-refractivity contribution in [3.05, 3.63) is 84.2 Å². The summed E-state index contributed by atoms with van der Waals surface area (Å²) >= 11 is 0. The molecular weight excluding hydrogens is 513 g/mol. The third-order valence-electron chi connectivity index (χ3n) is 5.95. The van der Waals surface area contributed by atoms with Crippen LogP contribution in [-0.2, 0) is 26.2 Å². The molecule has 0 aliphatic rings. The van der Waals surface area contributed by atoms with Crippen molar-refractivity contribution in [3.63, 3.8) is 0 Å². The smallest absolute Gasteiger partial charge is 0.264 e. The molecule has 1 N–H and O–H groups in total. The molecule has 1 atom stereocenters. The molecule has 0 bridgehead atoms. The van der Waals surface area contributed by atoms with Crippen LogP contribution in [0.2, 0.25) is 0 Å². The number of nitrogens with zero attached hydrogens (tertiary/aromatic N) is 2. The van der Waals surface area contributed by atoms with Gasteiger partial charge in [0.1, 0.15) is 18.4 Å². The van der Waals surface area contributed by atoms with E-state index in [4.69, 9.17) is 9.47 Å². The second-order valence-corrected chi connectivity index (χ2v) is 10.2. The molecule has 0 saturated heterocycles. The van der Waals surface area contributed by atoms with Crippen LogP contribution in [0.1, 0.15) is 12.5 Å². The lowest BCUT2D eigenvalue weighted by molar-refractivity contribution is -0.139. The van der Waals surface area contributed by atoms with E-state index in [-0.39, 0.29) is 22.9 Å². The minimum absolute atomic E-state index is 0.0711. The lowest BCUT2D eigenvalue weighted by Gasteiger charge is -2.31. The molecule has 0 fully saturated rings. The number of sulfonamides is 1. The Morgan fingerprint density at radius 1 is 0.947 bits per heavy atom. The second-order valence-electron chi connectivity index (χ2n) is 8.30. The standard InChI is InChI=1S/C27H30FN3O6S/c1-19(27(33)29-2)30(17-20-8-6-5-7-9-20)26(32)18-31(22-12-10-21(28)11-13-22)38(34,35)23-14-15-24(36-3)25(16-23)37-4/h5-16,19H,17-18H2,1-4H3,(H,29,33). The summed E-state index contributed by atoms with van der Waals surface area (Å²) in [5.74, 6) is -1.10. The first-order chi connectivity index (χ1) is 18.1. The summed E-state index contributed by atoms with van der Waals surface area (Å²) in [6, 6.07) is 16.9. The Hall–Kier alpha value is -4.12. The van der Waals surface area contributed by atoms with E-state index in [9.17, 15) is 22.4 Å². The summed E-state index contributed by atoms with van der Waals surface area (Å²) in [6.45, 7) is 0.989. The number of halogens is 1. The Balaban J connectivity index is 2.06. The first-order valence-corrected chi connectivity index (χ1v) is 13.1. The molecule has 0 aliphatic carbocycles. The molecule has 3 aromatic rings. The van der Waals surface area contributed by atoms with Gasteiger partial charge in [-0.2, -0.15) is 0 Å². The van der Waals surface area contributed by atoms with E-state index in [1.54, 1.807) is 31.2 Å². The topological polar surface area (TPSA) is 105 Å². The minimum Gasteiger partial charge on any atom is -0.493 e. The molecule has 0 spiro atoms. The van der Waals surface area contributed by atoms with Crippen molar-refractivity contribution in [3.8, 4) is 11.5 Å².